The van der Waals surface area contributed by atoms with E-state index in [9.17, 15) is 4.79 Å². The van der Waals surface area contributed by atoms with E-state index in [1.54, 1.807) is 24.7 Å². The molecule has 2 heterocycles. The maximum absolute atomic E-state index is 12.0. The van der Waals surface area contributed by atoms with E-state index < -0.39 is 0 Å². The van der Waals surface area contributed by atoms with E-state index in [0.29, 0.717) is 19.1 Å². The second-order valence-corrected chi connectivity index (χ2v) is 8.87. The van der Waals surface area contributed by atoms with Crippen LogP contribution in [-0.2, 0) is 16.1 Å². The number of pyridine rings is 1. The monoisotopic (exact) mass is 481 g/mol. The van der Waals surface area contributed by atoms with Gasteiger partial charge in [-0.05, 0) is 54.7 Å². The quantitative estimate of drug-likeness (QED) is 0.212. The van der Waals surface area contributed by atoms with Crippen molar-refractivity contribution in [1.29, 1.82) is 0 Å². The average molecular weight is 482 g/mol. The molecule has 1 unspecified atom stereocenters. The molecule has 0 aliphatic carbocycles. The molecule has 0 bridgehead atoms. The van der Waals surface area contributed by atoms with Crippen LogP contribution < -0.4 is 4.74 Å². The standard InChI is InChI=1S/C30H31N3O3/c1-5-7-25(17-29(34)35-6-2)23-12-14-28(15-13-23)36-19-27-16-26(18-33-30(27)31-20-32-33)24-10-8-22(9-11-24)21(3)4/h8-16,18,20-21,25H,6,17,19H2,1-4H3. The molecular weight excluding hydrogens is 450 g/mol. The fourth-order valence-electron chi connectivity index (χ4n) is 4.09. The van der Waals surface area contributed by atoms with Crippen LogP contribution >= 0.6 is 0 Å². The molecule has 6 nitrogen and oxygen atoms in total. The zero-order chi connectivity index (χ0) is 25.5. The smallest absolute Gasteiger partial charge is 0.307 e. The summed E-state index contributed by atoms with van der Waals surface area (Å²) in [6, 6.07) is 18.4. The van der Waals surface area contributed by atoms with E-state index >= 15 is 0 Å². The van der Waals surface area contributed by atoms with Gasteiger partial charge in [0.1, 0.15) is 18.7 Å². The third-order valence-electron chi connectivity index (χ3n) is 6.03. The zero-order valence-electron chi connectivity index (χ0n) is 21.2. The van der Waals surface area contributed by atoms with Crippen molar-refractivity contribution in [2.45, 2.75) is 52.6 Å². The first-order chi connectivity index (χ1) is 17.5. The molecule has 0 fully saturated rings. The molecular formula is C30H31N3O3. The molecule has 0 aliphatic rings. The molecule has 6 heteroatoms. The molecule has 0 saturated heterocycles. The third-order valence-corrected chi connectivity index (χ3v) is 6.03. The minimum absolute atomic E-state index is 0.211. The van der Waals surface area contributed by atoms with Crippen molar-refractivity contribution in [2.75, 3.05) is 6.61 Å². The Bertz CT molecular complexity index is 1380. The number of hydrogen-bond donors (Lipinski definition) is 0. The lowest BCUT2D eigenvalue weighted by molar-refractivity contribution is -0.143. The summed E-state index contributed by atoms with van der Waals surface area (Å²) in [4.78, 5) is 16.4. The van der Waals surface area contributed by atoms with Crippen molar-refractivity contribution in [2.24, 2.45) is 0 Å². The van der Waals surface area contributed by atoms with Crippen LogP contribution in [0.2, 0.25) is 0 Å². The van der Waals surface area contributed by atoms with Gasteiger partial charge < -0.3 is 9.47 Å². The summed E-state index contributed by atoms with van der Waals surface area (Å²) in [7, 11) is 0. The van der Waals surface area contributed by atoms with Gasteiger partial charge in [0.05, 0.1) is 18.9 Å². The van der Waals surface area contributed by atoms with Gasteiger partial charge in [-0.1, -0.05) is 56.2 Å². The van der Waals surface area contributed by atoms with Crippen molar-refractivity contribution in [3.63, 3.8) is 0 Å². The first-order valence-corrected chi connectivity index (χ1v) is 12.2. The molecule has 0 N–H and O–H groups in total. The summed E-state index contributed by atoms with van der Waals surface area (Å²) in [5, 5.41) is 4.35. The lowest BCUT2D eigenvalue weighted by Crippen LogP contribution is -2.09. The largest absolute Gasteiger partial charge is 0.489 e. The van der Waals surface area contributed by atoms with E-state index in [1.165, 1.54) is 5.56 Å². The predicted octanol–water partition coefficient (Wildman–Crippen LogP) is 6.16. The highest BCUT2D eigenvalue weighted by Crippen LogP contribution is 2.27. The molecule has 0 saturated carbocycles. The van der Waals surface area contributed by atoms with E-state index in [0.717, 1.165) is 33.7 Å². The fraction of sp³-hybridized carbons (Fsp3) is 0.300. The van der Waals surface area contributed by atoms with Crippen molar-refractivity contribution in [3.8, 4) is 28.7 Å². The molecule has 184 valence electrons. The number of nitrogens with zero attached hydrogens (tertiary/aromatic N) is 3. The number of esters is 1. The van der Waals surface area contributed by atoms with E-state index in [2.05, 4.69) is 66.1 Å². The van der Waals surface area contributed by atoms with Crippen LogP contribution in [0.4, 0.5) is 0 Å². The number of carbonyl (C=O) groups excluding carboxylic acids is 1. The third kappa shape index (κ3) is 5.92. The summed E-state index contributed by atoms with van der Waals surface area (Å²) >= 11 is 0. The second-order valence-electron chi connectivity index (χ2n) is 8.87. The van der Waals surface area contributed by atoms with Gasteiger partial charge in [0.2, 0.25) is 0 Å². The Labute approximate surface area is 212 Å². The lowest BCUT2D eigenvalue weighted by Gasteiger charge is -2.13. The first-order valence-electron chi connectivity index (χ1n) is 12.2. The van der Waals surface area contributed by atoms with Gasteiger partial charge in [-0.25, -0.2) is 9.50 Å². The van der Waals surface area contributed by atoms with E-state index in [1.807, 2.05) is 30.5 Å². The maximum atomic E-state index is 12.0. The van der Waals surface area contributed by atoms with Gasteiger partial charge in [-0.15, -0.1) is 5.92 Å². The van der Waals surface area contributed by atoms with Crippen molar-refractivity contribution in [3.05, 3.63) is 83.8 Å². The number of ether oxygens (including phenoxy) is 2. The summed E-state index contributed by atoms with van der Waals surface area (Å²) < 4.78 is 13.0. The van der Waals surface area contributed by atoms with Crippen LogP contribution in [0.25, 0.3) is 16.8 Å². The van der Waals surface area contributed by atoms with E-state index in [4.69, 9.17) is 9.47 Å². The van der Waals surface area contributed by atoms with Gasteiger partial charge in [0.25, 0.3) is 0 Å². The minimum atomic E-state index is -0.248. The maximum Gasteiger partial charge on any atom is 0.307 e. The molecule has 4 rings (SSSR count). The SMILES string of the molecule is CC#CC(CC(=O)OCC)c1ccc(OCc2cc(-c3ccc(C(C)C)cc3)cn3ncnc23)cc1. The van der Waals surface area contributed by atoms with Crippen molar-refractivity contribution in [1.82, 2.24) is 14.6 Å². The Balaban J connectivity index is 1.51. The predicted molar refractivity (Wildman–Crippen MR) is 141 cm³/mol. The van der Waals surface area contributed by atoms with Gasteiger partial charge >= 0.3 is 5.97 Å². The van der Waals surface area contributed by atoms with Crippen molar-refractivity contribution < 1.29 is 14.3 Å². The molecule has 0 spiro atoms. The highest BCUT2D eigenvalue weighted by Gasteiger charge is 2.15. The first kappa shape index (κ1) is 25.0. The Morgan fingerprint density at radius 3 is 2.42 bits per heavy atom. The number of fused-ring (bicyclic) bond motifs is 1. The molecule has 4 aromatic rings. The lowest BCUT2D eigenvalue weighted by atomic mass is 9.96. The molecule has 1 atom stereocenters. The van der Waals surface area contributed by atoms with Gasteiger partial charge in [0.15, 0.2) is 5.65 Å². The summed E-state index contributed by atoms with van der Waals surface area (Å²) in [5.41, 5.74) is 6.14. The highest BCUT2D eigenvalue weighted by molar-refractivity contribution is 5.71. The van der Waals surface area contributed by atoms with Crippen LogP contribution in [0.15, 0.2) is 67.1 Å². The van der Waals surface area contributed by atoms with E-state index in [-0.39, 0.29) is 18.3 Å². The fourth-order valence-corrected chi connectivity index (χ4v) is 4.09. The average Bonchev–Trinajstić information content (AvgIpc) is 3.36. The molecule has 0 radical (unpaired) electrons. The van der Waals surface area contributed by atoms with Crippen LogP contribution in [-0.4, -0.2) is 27.2 Å². The van der Waals surface area contributed by atoms with Crippen molar-refractivity contribution >= 4 is 11.6 Å². The zero-order valence-corrected chi connectivity index (χ0v) is 21.2. The van der Waals surface area contributed by atoms with Gasteiger partial charge in [0, 0.05) is 17.3 Å². The summed E-state index contributed by atoms with van der Waals surface area (Å²) in [6.07, 6.45) is 3.77. The topological polar surface area (TPSA) is 65.7 Å². The minimum Gasteiger partial charge on any atom is -0.489 e. The highest BCUT2D eigenvalue weighted by atomic mass is 16.5. The molecule has 2 aromatic heterocycles. The number of carbonyl (C=O) groups is 1. The molecule has 0 amide bonds. The molecule has 36 heavy (non-hydrogen) atoms. The second kappa shape index (κ2) is 11.5. The van der Waals surface area contributed by atoms with Gasteiger partial charge in [-0.2, -0.15) is 5.10 Å². The van der Waals surface area contributed by atoms with Crippen LogP contribution in [0.1, 0.15) is 62.6 Å². The Kier molecular flexibility index (Phi) is 8.02. The number of benzene rings is 2. The summed E-state index contributed by atoms with van der Waals surface area (Å²) in [6.45, 7) is 8.66. The number of aromatic nitrogens is 3. The van der Waals surface area contributed by atoms with Gasteiger partial charge in [-0.3, -0.25) is 4.79 Å². The molecule has 2 aromatic carbocycles. The molecule has 0 aliphatic heterocycles. The van der Waals surface area contributed by atoms with Crippen LogP contribution in [0.5, 0.6) is 5.75 Å². The number of rotatable bonds is 9. The van der Waals surface area contributed by atoms with Crippen LogP contribution in [0.3, 0.4) is 0 Å². The normalized spacial score (nSPS) is 11.7. The van der Waals surface area contributed by atoms with Crippen LogP contribution in [0, 0.1) is 11.8 Å². The Morgan fingerprint density at radius 2 is 1.75 bits per heavy atom. The Hall–Kier alpha value is -4.11. The summed E-state index contributed by atoms with van der Waals surface area (Å²) in [5.74, 6) is 6.77. The Morgan fingerprint density at radius 1 is 1.03 bits per heavy atom. The number of hydrogen-bond acceptors (Lipinski definition) is 5.